The average molecular weight is 842 g/mol. The molecular formula is C44H63N3O11S. The Bertz CT molecular complexity index is 1810. The SMILES string of the molecule is CC[C@H]1OC(=O)[C@H](C)[C@H]2OC/C(=N\OCc3cccc(-c4nccs4)c3)CO[C@](C)(C[C@@H](C)C3OC1(C)C(=O)C3C)[C@H](O[C@@H]1O[C@H](C)C[C@H](N(C)C)[C@H]1OC(C)=O)[C@@H]2C. The molecule has 14 nitrogen and oxygen atoms in total. The number of hydrogen-bond acceptors (Lipinski definition) is 15. The molecule has 2 aromatic rings. The Kier molecular flexibility index (Phi) is 14.4. The van der Waals surface area contributed by atoms with Crippen molar-refractivity contribution in [3.63, 3.8) is 0 Å². The molecular weight excluding hydrogens is 779 g/mol. The number of fused-ring (bicyclic) bond motifs is 5. The number of likely N-dealkylation sites (N-methyl/N-ethyl adjacent to an activating group) is 1. The quantitative estimate of drug-likeness (QED) is 0.207. The molecule has 4 aliphatic rings. The van der Waals surface area contributed by atoms with Crippen molar-refractivity contribution < 1.29 is 52.4 Å². The van der Waals surface area contributed by atoms with Crippen LogP contribution in [0, 0.1) is 23.7 Å². The molecule has 0 spiro atoms. The van der Waals surface area contributed by atoms with Crippen LogP contribution in [-0.4, -0.2) is 121 Å². The van der Waals surface area contributed by atoms with Crippen LogP contribution in [0.15, 0.2) is 41.0 Å². The van der Waals surface area contributed by atoms with E-state index in [-0.39, 0.29) is 43.7 Å². The fourth-order valence-corrected chi connectivity index (χ4v) is 10.2. The first-order valence-corrected chi connectivity index (χ1v) is 21.8. The Balaban J connectivity index is 1.40. The van der Waals surface area contributed by atoms with Gasteiger partial charge in [0, 0.05) is 35.9 Å². The first-order chi connectivity index (χ1) is 27.9. The molecule has 326 valence electrons. The van der Waals surface area contributed by atoms with E-state index >= 15 is 0 Å². The molecule has 0 aliphatic carbocycles. The predicted octanol–water partition coefficient (Wildman–Crippen LogP) is 6.24. The second kappa shape index (κ2) is 18.8. The minimum atomic E-state index is -1.33. The maximum atomic E-state index is 14.3. The maximum Gasteiger partial charge on any atom is 0.311 e. The number of rotatable bonds is 9. The van der Waals surface area contributed by atoms with Gasteiger partial charge in [0.1, 0.15) is 23.4 Å². The van der Waals surface area contributed by atoms with Crippen molar-refractivity contribution in [2.24, 2.45) is 28.8 Å². The van der Waals surface area contributed by atoms with Gasteiger partial charge in [0.2, 0.25) is 0 Å². The molecule has 0 saturated carbocycles. The third-order valence-electron chi connectivity index (χ3n) is 12.6. The van der Waals surface area contributed by atoms with E-state index in [1.54, 1.807) is 31.4 Å². The minimum Gasteiger partial charge on any atom is -0.459 e. The van der Waals surface area contributed by atoms with Gasteiger partial charge < -0.3 is 42.9 Å². The van der Waals surface area contributed by atoms with Gasteiger partial charge in [-0.1, -0.05) is 51.0 Å². The van der Waals surface area contributed by atoms with Crippen molar-refractivity contribution in [2.75, 3.05) is 27.3 Å². The molecule has 4 saturated heterocycles. The van der Waals surface area contributed by atoms with Gasteiger partial charge in [0.15, 0.2) is 23.8 Å². The van der Waals surface area contributed by atoms with E-state index < -0.39 is 77.7 Å². The number of nitrogens with zero attached hydrogens (tertiary/aromatic N) is 3. The standard InChI is InChI=1S/C44H63N3O11S/c1-12-34-44(9)38(49)26(4)35(58-44)24(2)20-43(8)39(57-42-37(55-29(7)48)33(47(10)11)18-25(3)54-42)27(5)36(28(6)41(50)56-34)51-22-32(23-52-43)46-53-21-30-14-13-15-31(19-30)40-45-16-17-59-40/h13-17,19,24-28,33-37,39,42H,12,18,20-23H2,1-11H3/b46-32+/t24-,25-,26?,27-,28-,33+,34-,35?,36+,37-,39-,42+,43-,44?/m1/s1. The topological polar surface area (TPSA) is 154 Å². The number of Topliss-reactive ketones (excluding diaryl/α,β-unsaturated/α-hetero) is 1. The molecule has 59 heavy (non-hydrogen) atoms. The monoisotopic (exact) mass is 841 g/mol. The summed E-state index contributed by atoms with van der Waals surface area (Å²) in [5.41, 5.74) is -0.0857. The summed E-state index contributed by atoms with van der Waals surface area (Å²) in [6.45, 7) is 16.8. The lowest BCUT2D eigenvalue weighted by atomic mass is 9.75. The van der Waals surface area contributed by atoms with Crippen LogP contribution in [0.1, 0.15) is 87.1 Å². The summed E-state index contributed by atoms with van der Waals surface area (Å²) >= 11 is 1.56. The number of carbonyl (C=O) groups is 3. The summed E-state index contributed by atoms with van der Waals surface area (Å²) in [7, 11) is 3.88. The van der Waals surface area contributed by atoms with Gasteiger partial charge in [0.05, 0.1) is 55.2 Å². The molecule has 0 N–H and O–H groups in total. The Morgan fingerprint density at radius 2 is 1.83 bits per heavy atom. The number of aromatic nitrogens is 1. The largest absolute Gasteiger partial charge is 0.459 e. The van der Waals surface area contributed by atoms with E-state index in [4.69, 9.17) is 38.0 Å². The minimum absolute atomic E-state index is 0.00392. The molecule has 6 rings (SSSR count). The molecule has 3 unspecified atom stereocenters. The normalized spacial score (nSPS) is 39.0. The fraction of sp³-hybridized carbons (Fsp3) is 0.705. The van der Waals surface area contributed by atoms with Crippen LogP contribution in [0.3, 0.4) is 0 Å². The summed E-state index contributed by atoms with van der Waals surface area (Å²) in [5.74, 6) is -3.16. The number of esters is 2. The lowest BCUT2D eigenvalue weighted by Gasteiger charge is -2.48. The van der Waals surface area contributed by atoms with Gasteiger partial charge in [-0.25, -0.2) is 4.98 Å². The molecule has 1 aromatic carbocycles. The number of ketones is 1. The van der Waals surface area contributed by atoms with E-state index in [1.165, 1.54) is 6.92 Å². The third-order valence-corrected chi connectivity index (χ3v) is 13.5. The Hall–Kier alpha value is -3.31. The van der Waals surface area contributed by atoms with E-state index in [2.05, 4.69) is 10.1 Å². The van der Waals surface area contributed by atoms with Crippen LogP contribution in [0.25, 0.3) is 10.6 Å². The molecule has 15 heteroatoms. The van der Waals surface area contributed by atoms with Crippen LogP contribution in [-0.2, 0) is 59.0 Å². The van der Waals surface area contributed by atoms with Crippen molar-refractivity contribution in [1.29, 1.82) is 0 Å². The van der Waals surface area contributed by atoms with E-state index in [9.17, 15) is 14.4 Å². The second-order valence-corrected chi connectivity index (χ2v) is 18.5. The highest BCUT2D eigenvalue weighted by atomic mass is 32.1. The third kappa shape index (κ3) is 9.77. The zero-order valence-corrected chi connectivity index (χ0v) is 37.2. The molecule has 4 aliphatic heterocycles. The van der Waals surface area contributed by atoms with Gasteiger partial charge >= 0.3 is 11.9 Å². The van der Waals surface area contributed by atoms with E-state index in [0.717, 1.165) is 16.1 Å². The predicted molar refractivity (Wildman–Crippen MR) is 220 cm³/mol. The number of hydrogen-bond donors (Lipinski definition) is 0. The van der Waals surface area contributed by atoms with Gasteiger partial charge in [-0.3, -0.25) is 14.4 Å². The molecule has 0 amide bonds. The maximum absolute atomic E-state index is 14.3. The highest BCUT2D eigenvalue weighted by Gasteiger charge is 2.59. The van der Waals surface area contributed by atoms with E-state index in [1.807, 2.05) is 90.2 Å². The number of carbonyl (C=O) groups excluding carboxylic acids is 3. The van der Waals surface area contributed by atoms with Crippen molar-refractivity contribution in [3.8, 4) is 10.6 Å². The lowest BCUT2D eigenvalue weighted by molar-refractivity contribution is -0.305. The summed E-state index contributed by atoms with van der Waals surface area (Å²) < 4.78 is 46.3. The summed E-state index contributed by atoms with van der Waals surface area (Å²) in [4.78, 5) is 53.4. The van der Waals surface area contributed by atoms with Crippen molar-refractivity contribution in [3.05, 3.63) is 41.4 Å². The second-order valence-electron chi connectivity index (χ2n) is 17.6. The number of thiazole rings is 1. The molecule has 4 bridgehead atoms. The summed E-state index contributed by atoms with van der Waals surface area (Å²) in [5, 5.41) is 7.40. The van der Waals surface area contributed by atoms with Gasteiger partial charge in [0.25, 0.3) is 0 Å². The fourth-order valence-electron chi connectivity index (χ4n) is 9.61. The lowest BCUT2D eigenvalue weighted by Crippen LogP contribution is -2.60. The number of ether oxygens (including phenoxy) is 7. The van der Waals surface area contributed by atoms with Crippen molar-refractivity contribution in [1.82, 2.24) is 9.88 Å². The van der Waals surface area contributed by atoms with Gasteiger partial charge in [-0.05, 0) is 78.6 Å². The zero-order valence-electron chi connectivity index (χ0n) is 36.4. The zero-order chi connectivity index (χ0) is 42.8. The van der Waals surface area contributed by atoms with Crippen molar-refractivity contribution in [2.45, 2.75) is 148 Å². The van der Waals surface area contributed by atoms with Gasteiger partial charge in [-0.2, -0.15) is 0 Å². The Labute approximate surface area is 352 Å². The number of benzene rings is 1. The first-order valence-electron chi connectivity index (χ1n) is 20.9. The van der Waals surface area contributed by atoms with Crippen LogP contribution < -0.4 is 0 Å². The highest BCUT2D eigenvalue weighted by Crippen LogP contribution is 2.45. The van der Waals surface area contributed by atoms with Crippen LogP contribution >= 0.6 is 11.3 Å². The van der Waals surface area contributed by atoms with E-state index in [0.29, 0.717) is 25.0 Å². The smallest absolute Gasteiger partial charge is 0.311 e. The Morgan fingerprint density at radius 3 is 2.51 bits per heavy atom. The molecule has 1 aromatic heterocycles. The molecule has 14 atom stereocenters. The molecule has 4 fully saturated rings. The molecule has 5 heterocycles. The number of oxime groups is 1. The van der Waals surface area contributed by atoms with Crippen molar-refractivity contribution >= 4 is 34.8 Å². The Morgan fingerprint density at radius 1 is 1.07 bits per heavy atom. The molecule has 0 radical (unpaired) electrons. The summed E-state index contributed by atoms with van der Waals surface area (Å²) in [6, 6.07) is 7.74. The van der Waals surface area contributed by atoms with Gasteiger partial charge in [-0.15, -0.1) is 11.3 Å². The van der Waals surface area contributed by atoms with Crippen LogP contribution in [0.2, 0.25) is 0 Å². The highest BCUT2D eigenvalue weighted by molar-refractivity contribution is 7.13. The summed E-state index contributed by atoms with van der Waals surface area (Å²) in [6.07, 6.45) is -1.77. The average Bonchev–Trinajstić information content (AvgIpc) is 3.82. The van der Waals surface area contributed by atoms with Crippen LogP contribution in [0.4, 0.5) is 0 Å². The number of cyclic esters (lactones) is 1. The first kappa shape index (κ1) is 45.2. The van der Waals surface area contributed by atoms with Crippen LogP contribution in [0.5, 0.6) is 0 Å².